The second kappa shape index (κ2) is 11.2. The van der Waals surface area contributed by atoms with Gasteiger partial charge in [-0.05, 0) is 74.4 Å². The molecule has 1 aromatic heterocycles. The molecule has 1 aliphatic heterocycles. The number of aliphatic hydroxyl groups is 1. The summed E-state index contributed by atoms with van der Waals surface area (Å²) >= 11 is 0. The number of Topliss-reactive ketones (excluding diaryl/α,β-unsaturated/α-hetero) is 1. The number of amides is 1. The normalized spacial score (nSPS) is 16.8. The fraction of sp³-hybridized carbons (Fsp3) is 0.276. The van der Waals surface area contributed by atoms with Gasteiger partial charge in [0.05, 0.1) is 31.4 Å². The molecular weight excluding hydrogens is 472 g/mol. The molecule has 2 aromatic carbocycles. The van der Waals surface area contributed by atoms with Crippen LogP contribution in [0.2, 0.25) is 0 Å². The van der Waals surface area contributed by atoms with Crippen molar-refractivity contribution in [2.75, 3.05) is 13.7 Å². The Morgan fingerprint density at radius 1 is 1.08 bits per heavy atom. The van der Waals surface area contributed by atoms with Crippen LogP contribution in [0.1, 0.15) is 43.5 Å². The molecule has 0 aliphatic carbocycles. The SMILES string of the molecule is CCOc1ccc([C@@H]2/C(=C(\O)c3ccc(OC(C)C)cc3)C(=O)C(=O)N2Cc2cccnc2)cc1OC. The summed E-state index contributed by atoms with van der Waals surface area (Å²) in [5.74, 6) is -0.0951. The first-order chi connectivity index (χ1) is 17.8. The molecule has 0 unspecified atom stereocenters. The molecule has 1 fully saturated rings. The Bertz CT molecular complexity index is 1300. The summed E-state index contributed by atoms with van der Waals surface area (Å²) in [6.07, 6.45) is 3.27. The van der Waals surface area contributed by atoms with Crippen molar-refractivity contribution in [1.82, 2.24) is 9.88 Å². The van der Waals surface area contributed by atoms with Gasteiger partial charge in [-0.15, -0.1) is 0 Å². The molecule has 1 N–H and O–H groups in total. The summed E-state index contributed by atoms with van der Waals surface area (Å²) in [5, 5.41) is 11.3. The zero-order valence-corrected chi connectivity index (χ0v) is 21.3. The Labute approximate surface area is 216 Å². The Morgan fingerprint density at radius 3 is 2.46 bits per heavy atom. The van der Waals surface area contributed by atoms with Crippen molar-refractivity contribution in [3.8, 4) is 17.2 Å². The van der Waals surface area contributed by atoms with E-state index in [1.54, 1.807) is 60.9 Å². The number of aromatic nitrogens is 1. The van der Waals surface area contributed by atoms with E-state index in [4.69, 9.17) is 14.2 Å². The van der Waals surface area contributed by atoms with Crippen LogP contribution in [0.25, 0.3) is 5.76 Å². The lowest BCUT2D eigenvalue weighted by molar-refractivity contribution is -0.140. The first-order valence-electron chi connectivity index (χ1n) is 12.1. The third kappa shape index (κ3) is 5.43. The Kier molecular flexibility index (Phi) is 7.77. The topological polar surface area (TPSA) is 98.2 Å². The predicted octanol–water partition coefficient (Wildman–Crippen LogP) is 4.90. The number of rotatable bonds is 9. The molecule has 192 valence electrons. The fourth-order valence-corrected chi connectivity index (χ4v) is 4.33. The van der Waals surface area contributed by atoms with E-state index in [1.165, 1.54) is 12.0 Å². The molecule has 0 radical (unpaired) electrons. The Hall–Kier alpha value is -4.33. The number of ether oxygens (including phenoxy) is 3. The summed E-state index contributed by atoms with van der Waals surface area (Å²) < 4.78 is 16.8. The van der Waals surface area contributed by atoms with Gasteiger partial charge in [-0.25, -0.2) is 0 Å². The summed E-state index contributed by atoms with van der Waals surface area (Å²) in [7, 11) is 1.52. The summed E-state index contributed by atoms with van der Waals surface area (Å²) in [6.45, 7) is 6.29. The summed E-state index contributed by atoms with van der Waals surface area (Å²) in [4.78, 5) is 32.2. The van der Waals surface area contributed by atoms with Crippen LogP contribution in [0, 0.1) is 0 Å². The van der Waals surface area contributed by atoms with Gasteiger partial charge >= 0.3 is 0 Å². The molecule has 37 heavy (non-hydrogen) atoms. The number of likely N-dealkylation sites (tertiary alicyclic amines) is 1. The number of nitrogens with zero attached hydrogens (tertiary/aromatic N) is 2. The highest BCUT2D eigenvalue weighted by molar-refractivity contribution is 6.46. The third-order valence-electron chi connectivity index (χ3n) is 5.92. The molecule has 0 bridgehead atoms. The van der Waals surface area contributed by atoms with Crippen LogP contribution in [0.5, 0.6) is 17.2 Å². The van der Waals surface area contributed by atoms with Gasteiger partial charge in [0.15, 0.2) is 11.5 Å². The molecule has 1 atom stereocenters. The number of ketones is 1. The van der Waals surface area contributed by atoms with E-state index in [1.807, 2.05) is 26.8 Å². The largest absolute Gasteiger partial charge is 0.507 e. The van der Waals surface area contributed by atoms with Gasteiger partial charge in [0.2, 0.25) is 0 Å². The summed E-state index contributed by atoms with van der Waals surface area (Å²) in [6, 6.07) is 14.7. The molecule has 8 heteroatoms. The van der Waals surface area contributed by atoms with Crippen LogP contribution in [0.3, 0.4) is 0 Å². The predicted molar refractivity (Wildman–Crippen MR) is 138 cm³/mol. The Balaban J connectivity index is 1.83. The average Bonchev–Trinajstić information content (AvgIpc) is 3.14. The van der Waals surface area contributed by atoms with Crippen molar-refractivity contribution in [2.45, 2.75) is 39.5 Å². The molecule has 3 aromatic rings. The van der Waals surface area contributed by atoms with Gasteiger partial charge in [0.1, 0.15) is 11.5 Å². The first-order valence-corrected chi connectivity index (χ1v) is 12.1. The molecule has 4 rings (SSSR count). The van der Waals surface area contributed by atoms with Gasteiger partial charge in [-0.2, -0.15) is 0 Å². The number of methoxy groups -OCH3 is 1. The van der Waals surface area contributed by atoms with E-state index in [-0.39, 0.29) is 24.0 Å². The van der Waals surface area contributed by atoms with Gasteiger partial charge < -0.3 is 24.2 Å². The highest BCUT2D eigenvalue weighted by Gasteiger charge is 2.46. The van der Waals surface area contributed by atoms with E-state index in [0.29, 0.717) is 35.0 Å². The van der Waals surface area contributed by atoms with E-state index in [0.717, 1.165) is 5.56 Å². The van der Waals surface area contributed by atoms with E-state index in [2.05, 4.69) is 4.98 Å². The van der Waals surface area contributed by atoms with Gasteiger partial charge in [-0.3, -0.25) is 14.6 Å². The van der Waals surface area contributed by atoms with Crippen molar-refractivity contribution >= 4 is 17.4 Å². The maximum Gasteiger partial charge on any atom is 0.295 e. The molecule has 0 spiro atoms. The maximum absolute atomic E-state index is 13.3. The Morgan fingerprint density at radius 2 is 1.84 bits per heavy atom. The van der Waals surface area contributed by atoms with Crippen LogP contribution in [-0.4, -0.2) is 46.5 Å². The van der Waals surface area contributed by atoms with Crippen molar-refractivity contribution in [3.63, 3.8) is 0 Å². The number of benzene rings is 2. The zero-order valence-electron chi connectivity index (χ0n) is 21.3. The third-order valence-corrected chi connectivity index (χ3v) is 5.92. The fourth-order valence-electron chi connectivity index (χ4n) is 4.33. The average molecular weight is 503 g/mol. The lowest BCUT2D eigenvalue weighted by Gasteiger charge is -2.26. The van der Waals surface area contributed by atoms with Crippen LogP contribution < -0.4 is 14.2 Å². The minimum absolute atomic E-state index is 0.00219. The second-order valence-corrected chi connectivity index (χ2v) is 8.82. The lowest BCUT2D eigenvalue weighted by atomic mass is 9.94. The quantitative estimate of drug-likeness (QED) is 0.253. The maximum atomic E-state index is 13.3. The number of hydrogen-bond donors (Lipinski definition) is 1. The van der Waals surface area contributed by atoms with Crippen molar-refractivity contribution in [1.29, 1.82) is 0 Å². The van der Waals surface area contributed by atoms with Crippen molar-refractivity contribution in [2.24, 2.45) is 0 Å². The van der Waals surface area contributed by atoms with Gasteiger partial charge in [0.25, 0.3) is 11.7 Å². The lowest BCUT2D eigenvalue weighted by Crippen LogP contribution is -2.29. The molecule has 8 nitrogen and oxygen atoms in total. The molecule has 0 saturated carbocycles. The van der Waals surface area contributed by atoms with Crippen molar-refractivity contribution < 1.29 is 28.9 Å². The number of aliphatic hydroxyl groups excluding tert-OH is 1. The van der Waals surface area contributed by atoms with Crippen LogP contribution in [0.4, 0.5) is 0 Å². The van der Waals surface area contributed by atoms with Crippen LogP contribution in [0.15, 0.2) is 72.6 Å². The zero-order chi connectivity index (χ0) is 26.5. The smallest absolute Gasteiger partial charge is 0.295 e. The molecule has 1 saturated heterocycles. The number of pyridine rings is 1. The first kappa shape index (κ1) is 25.8. The van der Waals surface area contributed by atoms with Gasteiger partial charge in [0, 0.05) is 24.5 Å². The number of hydrogen-bond acceptors (Lipinski definition) is 7. The minimum Gasteiger partial charge on any atom is -0.507 e. The molecule has 2 heterocycles. The monoisotopic (exact) mass is 502 g/mol. The number of carbonyl (C=O) groups is 2. The van der Waals surface area contributed by atoms with Gasteiger partial charge in [-0.1, -0.05) is 12.1 Å². The van der Waals surface area contributed by atoms with E-state index >= 15 is 0 Å². The van der Waals surface area contributed by atoms with Crippen molar-refractivity contribution in [3.05, 3.63) is 89.3 Å². The minimum atomic E-state index is -0.851. The second-order valence-electron chi connectivity index (χ2n) is 8.82. The van der Waals surface area contributed by atoms with E-state index in [9.17, 15) is 14.7 Å². The molecule has 1 amide bonds. The standard InChI is InChI=1S/C29H30N2O6/c1-5-36-23-13-10-21(15-24(23)35-4)26-25(27(32)20-8-11-22(12-9-20)37-18(2)3)28(33)29(34)31(26)17-19-7-6-14-30-16-19/h6-16,18,26,32H,5,17H2,1-4H3/b27-25+/t26-/m1/s1. The summed E-state index contributed by atoms with van der Waals surface area (Å²) in [5.41, 5.74) is 1.75. The highest BCUT2D eigenvalue weighted by Crippen LogP contribution is 2.42. The highest BCUT2D eigenvalue weighted by atomic mass is 16.5. The van der Waals surface area contributed by atoms with E-state index < -0.39 is 17.7 Å². The molecule has 1 aliphatic rings. The van der Waals surface area contributed by atoms with Crippen LogP contribution >= 0.6 is 0 Å². The van der Waals surface area contributed by atoms with Crippen LogP contribution in [-0.2, 0) is 16.1 Å². The number of carbonyl (C=O) groups excluding carboxylic acids is 2. The molecular formula is C29H30N2O6.